The van der Waals surface area contributed by atoms with Gasteiger partial charge in [-0.15, -0.1) is 0 Å². The van der Waals surface area contributed by atoms with Crippen LogP contribution in [0.5, 0.6) is 0 Å². The molecule has 13 heavy (non-hydrogen) atoms. The first-order valence-corrected chi connectivity index (χ1v) is 3.29. The van der Waals surface area contributed by atoms with Gasteiger partial charge in [0.15, 0.2) is 4.98 Å². The molecule has 0 N–H and O–H groups in total. The molecule has 1 aromatic rings. The maximum atomic E-state index is 8.29. The summed E-state index contributed by atoms with van der Waals surface area (Å²) in [5.41, 5.74) is 1.71. The van der Waals surface area contributed by atoms with Gasteiger partial charge in [0.2, 0.25) is 5.39 Å². The van der Waals surface area contributed by atoms with Crippen LogP contribution in [0.1, 0.15) is 5.56 Å². The fourth-order valence-electron chi connectivity index (χ4n) is 0.690. The second-order valence-electron chi connectivity index (χ2n) is 2.16. The van der Waals surface area contributed by atoms with E-state index in [0.29, 0.717) is 5.69 Å². The zero-order valence-electron chi connectivity index (χ0n) is 6.88. The molecule has 6 nitrogen and oxygen atoms in total. The highest BCUT2D eigenvalue weighted by molar-refractivity contribution is 5.45. The molecule has 0 saturated heterocycles. The van der Waals surface area contributed by atoms with Crippen molar-refractivity contribution in [1.29, 1.82) is 5.39 Å². The van der Waals surface area contributed by atoms with Crippen molar-refractivity contribution in [3.8, 4) is 0 Å². The Labute approximate surface area is 74.2 Å². The van der Waals surface area contributed by atoms with E-state index >= 15 is 0 Å². The third-order valence-corrected chi connectivity index (χ3v) is 1.12. The quantitative estimate of drug-likeness (QED) is 0.348. The average Bonchev–Trinajstić information content (AvgIpc) is 2.03. The van der Waals surface area contributed by atoms with Gasteiger partial charge in [-0.25, -0.2) is 0 Å². The summed E-state index contributed by atoms with van der Waals surface area (Å²) in [6.45, 7) is 1.95. The minimum atomic E-state index is -1.75. The smallest absolute Gasteiger partial charge is 0.356 e. The molecule has 0 radical (unpaired) electrons. The Hall–Kier alpha value is -2.16. The highest BCUT2D eigenvalue weighted by Crippen LogP contribution is 2.11. The Kier molecular flexibility index (Phi) is 4.57. The maximum Gasteiger partial charge on any atom is 0.385 e. The van der Waals surface area contributed by atoms with Crippen LogP contribution in [0.4, 0.5) is 5.69 Å². The molecular formula is C7H7N3O3. The summed E-state index contributed by atoms with van der Waals surface area (Å²) < 4.78 is 0. The van der Waals surface area contributed by atoms with E-state index < -0.39 is 5.09 Å². The molecule has 1 aromatic carbocycles. The lowest BCUT2D eigenvalue weighted by Gasteiger charge is -1.81. The van der Waals surface area contributed by atoms with Crippen LogP contribution >= 0.6 is 0 Å². The molecule has 0 saturated carbocycles. The maximum absolute atomic E-state index is 8.29. The zero-order chi connectivity index (χ0) is 10.3. The van der Waals surface area contributed by atoms with Crippen LogP contribution in [0.15, 0.2) is 24.3 Å². The largest absolute Gasteiger partial charge is 0.385 e. The number of nitrogens with zero attached hydrogens (tertiary/aromatic N) is 3. The Morgan fingerprint density at radius 2 is 2.00 bits per heavy atom. The summed E-state index contributed by atoms with van der Waals surface area (Å²) in [4.78, 5) is 11.3. The van der Waals surface area contributed by atoms with Gasteiger partial charge in [0.1, 0.15) is 0 Å². The fourth-order valence-corrected chi connectivity index (χ4v) is 0.690. The van der Waals surface area contributed by atoms with E-state index in [1.807, 2.05) is 19.1 Å². The average molecular weight is 181 g/mol. The van der Waals surface area contributed by atoms with E-state index in [4.69, 9.17) is 20.7 Å². The number of rotatable bonds is 0. The highest BCUT2D eigenvalue weighted by Gasteiger charge is 1.99. The lowest BCUT2D eigenvalue weighted by Crippen LogP contribution is -1.74. The molecule has 0 fully saturated rings. The monoisotopic (exact) mass is 181 g/mol. The van der Waals surface area contributed by atoms with Crippen LogP contribution in [0.2, 0.25) is 0 Å². The van der Waals surface area contributed by atoms with E-state index in [9.17, 15) is 0 Å². The molecule has 1 rings (SSSR count). The molecule has 0 amide bonds. The van der Waals surface area contributed by atoms with Gasteiger partial charge in [0.05, 0.1) is 5.09 Å². The van der Waals surface area contributed by atoms with E-state index in [2.05, 4.69) is 4.98 Å². The third kappa shape index (κ3) is 6.25. The molecule has 6 heteroatoms. The van der Waals surface area contributed by atoms with Gasteiger partial charge in [-0.05, 0) is 12.5 Å². The highest BCUT2D eigenvalue weighted by atomic mass is 16.9. The number of diazo groups is 1. The first kappa shape index (κ1) is 10.8. The summed E-state index contributed by atoms with van der Waals surface area (Å²) in [5.74, 6) is 0. The predicted octanol–water partition coefficient (Wildman–Crippen LogP) is 2.24. The van der Waals surface area contributed by atoms with Crippen molar-refractivity contribution in [2.24, 2.45) is 0 Å². The molecule has 0 spiro atoms. The van der Waals surface area contributed by atoms with Crippen LogP contribution in [0.25, 0.3) is 4.98 Å². The predicted molar refractivity (Wildman–Crippen MR) is 46.3 cm³/mol. The van der Waals surface area contributed by atoms with Crippen molar-refractivity contribution in [3.05, 3.63) is 50.1 Å². The third-order valence-electron chi connectivity index (χ3n) is 1.12. The Morgan fingerprint density at radius 1 is 1.46 bits per heavy atom. The molecule has 0 aliphatic heterocycles. The molecule has 0 atom stereocenters. The van der Waals surface area contributed by atoms with E-state index in [-0.39, 0.29) is 0 Å². The van der Waals surface area contributed by atoms with Gasteiger partial charge >= 0.3 is 5.69 Å². The summed E-state index contributed by atoms with van der Waals surface area (Å²) >= 11 is 0. The van der Waals surface area contributed by atoms with Crippen molar-refractivity contribution in [3.63, 3.8) is 0 Å². The second-order valence-corrected chi connectivity index (χ2v) is 2.16. The Bertz CT molecular complexity index is 328. The van der Waals surface area contributed by atoms with Crippen LogP contribution < -0.4 is 0 Å². The first-order chi connectivity index (χ1) is 6.06. The number of aryl methyl sites for hydroxylation is 1. The molecule has 0 aromatic heterocycles. The summed E-state index contributed by atoms with van der Waals surface area (Å²) in [6, 6.07) is 7.35. The van der Waals surface area contributed by atoms with Gasteiger partial charge in [-0.1, -0.05) is 12.1 Å². The van der Waals surface area contributed by atoms with Crippen molar-refractivity contribution in [2.75, 3.05) is 0 Å². The van der Waals surface area contributed by atoms with Crippen molar-refractivity contribution < 1.29 is 5.09 Å². The van der Waals surface area contributed by atoms with E-state index in [0.717, 1.165) is 5.56 Å². The molecule has 0 bridgehead atoms. The summed E-state index contributed by atoms with van der Waals surface area (Å²) in [6.07, 6.45) is 0. The number of hydrogen-bond donors (Lipinski definition) is 0. The van der Waals surface area contributed by atoms with E-state index in [1.165, 1.54) is 0 Å². The molecule has 68 valence electrons. The minimum absolute atomic E-state index is 0.606. The number of hydrogen-bond acceptors (Lipinski definition) is 4. The topological polar surface area (TPSA) is 94.3 Å². The summed E-state index contributed by atoms with van der Waals surface area (Å²) in [5, 5.41) is 23.0. The van der Waals surface area contributed by atoms with Crippen LogP contribution in [-0.2, 0) is 0 Å². The van der Waals surface area contributed by atoms with Gasteiger partial charge in [0, 0.05) is 12.1 Å². The van der Waals surface area contributed by atoms with Crippen LogP contribution in [-0.4, -0.2) is 5.09 Å². The SMILES string of the molecule is Cc1cccc([N+]#N)c1.O=[N+]([O-])[O-]. The molecule has 0 aliphatic rings. The van der Waals surface area contributed by atoms with Crippen molar-refractivity contribution in [1.82, 2.24) is 0 Å². The van der Waals surface area contributed by atoms with E-state index in [1.54, 1.807) is 12.1 Å². The first-order valence-electron chi connectivity index (χ1n) is 3.29. The molecule has 0 heterocycles. The molecule has 0 aliphatic carbocycles. The molecular weight excluding hydrogens is 174 g/mol. The Morgan fingerprint density at radius 3 is 2.31 bits per heavy atom. The van der Waals surface area contributed by atoms with Crippen LogP contribution in [0, 0.1) is 27.6 Å². The van der Waals surface area contributed by atoms with Crippen molar-refractivity contribution >= 4 is 5.69 Å². The van der Waals surface area contributed by atoms with Crippen LogP contribution in [0.3, 0.4) is 0 Å². The number of benzene rings is 1. The molecule has 0 unspecified atom stereocenters. The zero-order valence-corrected chi connectivity index (χ0v) is 6.88. The van der Waals surface area contributed by atoms with Crippen molar-refractivity contribution in [2.45, 2.75) is 6.92 Å². The second kappa shape index (κ2) is 5.49. The van der Waals surface area contributed by atoms with Gasteiger partial charge in [-0.2, -0.15) is 0 Å². The van der Waals surface area contributed by atoms with Gasteiger partial charge in [-0.3, -0.25) is 0 Å². The normalized spacial score (nSPS) is 7.69. The Balaban J connectivity index is 0.000000310. The lowest BCUT2D eigenvalue weighted by molar-refractivity contribution is -0.402. The van der Waals surface area contributed by atoms with Gasteiger partial charge in [0.25, 0.3) is 0 Å². The minimum Gasteiger partial charge on any atom is -0.356 e. The fraction of sp³-hybridized carbons (Fsp3) is 0.143. The summed E-state index contributed by atoms with van der Waals surface area (Å²) in [7, 11) is 0. The van der Waals surface area contributed by atoms with Gasteiger partial charge < -0.3 is 15.3 Å². The lowest BCUT2D eigenvalue weighted by atomic mass is 10.2. The standard InChI is InChI=1S/C7H7N2.NO3/c1-6-3-2-4-7(5-6)9-8;2-1(3)4/h2-5H,1H3;/q+1;-1.